The number of nitrogens with zero attached hydrogens (tertiary/aromatic N) is 5. The van der Waals surface area contributed by atoms with Gasteiger partial charge in [0.2, 0.25) is 17.8 Å². The molecule has 1 aliphatic rings. The number of hydrogen-bond acceptors (Lipinski definition) is 10. The van der Waals surface area contributed by atoms with Gasteiger partial charge in [0.25, 0.3) is 0 Å². The summed E-state index contributed by atoms with van der Waals surface area (Å²) in [6.45, 7) is 8.15. The van der Waals surface area contributed by atoms with Crippen molar-refractivity contribution in [2.75, 3.05) is 55.1 Å². The van der Waals surface area contributed by atoms with Gasteiger partial charge in [-0.2, -0.15) is 4.98 Å². The number of carbonyl (C=O) groups is 1. The van der Waals surface area contributed by atoms with Crippen LogP contribution in [0.4, 0.5) is 43.4 Å². The molecule has 11 nitrogen and oxygen atoms in total. The second-order valence-electron chi connectivity index (χ2n) is 10.8. The first-order valence-electron chi connectivity index (χ1n) is 13.4. The van der Waals surface area contributed by atoms with Gasteiger partial charge in [0, 0.05) is 36.8 Å². The first kappa shape index (κ1) is 30.6. The minimum atomic E-state index is -1.48. The van der Waals surface area contributed by atoms with Crippen molar-refractivity contribution in [1.82, 2.24) is 19.9 Å². The standard InChI is InChI=1S/C29H36F2N8O3/c1-7-26(40)34-22-13-23(25(42-6)14-24(22)39-10-8-9-17(39)15-38(4)5)36-28-33-16-32-27(37-28)35-21-12-20(31)19(30)11-18(21)29(2,3)41/h7,11-14,16-17,41H,1,8-10,15H2,2-6H3,(H,34,40)(H2,32,33,35,36,37). The van der Waals surface area contributed by atoms with Crippen molar-refractivity contribution < 1.29 is 23.4 Å². The Bertz CT molecular complexity index is 1460. The number of ether oxygens (including phenoxy) is 1. The summed E-state index contributed by atoms with van der Waals surface area (Å²) >= 11 is 0. The van der Waals surface area contributed by atoms with E-state index in [1.54, 1.807) is 6.07 Å². The van der Waals surface area contributed by atoms with Gasteiger partial charge >= 0.3 is 0 Å². The molecule has 1 aliphatic heterocycles. The highest BCUT2D eigenvalue weighted by atomic mass is 19.2. The fraction of sp³-hybridized carbons (Fsp3) is 0.379. The van der Waals surface area contributed by atoms with Gasteiger partial charge < -0.3 is 35.6 Å². The van der Waals surface area contributed by atoms with Crippen molar-refractivity contribution in [2.24, 2.45) is 0 Å². The maximum absolute atomic E-state index is 14.1. The monoisotopic (exact) mass is 582 g/mol. The Balaban J connectivity index is 1.68. The predicted octanol–water partition coefficient (Wildman–Crippen LogP) is 4.53. The van der Waals surface area contributed by atoms with Crippen LogP contribution in [0.5, 0.6) is 5.75 Å². The fourth-order valence-corrected chi connectivity index (χ4v) is 4.94. The molecule has 1 atom stereocenters. The molecule has 1 unspecified atom stereocenters. The summed E-state index contributed by atoms with van der Waals surface area (Å²) in [5, 5.41) is 19.3. The van der Waals surface area contributed by atoms with E-state index in [1.165, 1.54) is 33.4 Å². The number of rotatable bonds is 11. The van der Waals surface area contributed by atoms with Gasteiger partial charge in [-0.05, 0) is 59.0 Å². The largest absolute Gasteiger partial charge is 0.494 e. The maximum Gasteiger partial charge on any atom is 0.247 e. The third-order valence-corrected chi connectivity index (χ3v) is 6.81. The lowest BCUT2D eigenvalue weighted by Gasteiger charge is -2.31. The fourth-order valence-electron chi connectivity index (χ4n) is 4.94. The van der Waals surface area contributed by atoms with Crippen LogP contribution in [0.1, 0.15) is 32.3 Å². The van der Waals surface area contributed by atoms with E-state index in [-0.39, 0.29) is 35.1 Å². The minimum absolute atomic E-state index is 0.0170. The van der Waals surface area contributed by atoms with Crippen LogP contribution in [0.3, 0.4) is 0 Å². The van der Waals surface area contributed by atoms with Gasteiger partial charge in [0.05, 0.1) is 35.5 Å². The Morgan fingerprint density at radius 3 is 2.43 bits per heavy atom. The molecule has 2 heterocycles. The van der Waals surface area contributed by atoms with Crippen LogP contribution in [0, 0.1) is 11.6 Å². The number of likely N-dealkylation sites (N-methyl/N-ethyl adjacent to an activating group) is 1. The van der Waals surface area contributed by atoms with E-state index in [2.05, 4.69) is 47.3 Å². The number of methoxy groups -OCH3 is 1. The number of anilines is 6. The number of benzene rings is 2. The van der Waals surface area contributed by atoms with Gasteiger partial charge in [-0.1, -0.05) is 6.58 Å². The molecule has 1 aromatic heterocycles. The molecule has 4 N–H and O–H groups in total. The summed E-state index contributed by atoms with van der Waals surface area (Å²) in [4.78, 5) is 29.4. The Morgan fingerprint density at radius 2 is 1.81 bits per heavy atom. The normalized spacial score (nSPS) is 15.1. The molecule has 42 heavy (non-hydrogen) atoms. The molecule has 224 valence electrons. The van der Waals surface area contributed by atoms with Crippen LogP contribution in [0.25, 0.3) is 0 Å². The molecule has 2 aromatic carbocycles. The first-order valence-corrected chi connectivity index (χ1v) is 13.4. The van der Waals surface area contributed by atoms with E-state index in [9.17, 15) is 18.7 Å². The molecule has 1 amide bonds. The average molecular weight is 583 g/mol. The Labute approximate surface area is 243 Å². The van der Waals surface area contributed by atoms with Gasteiger partial charge in [-0.25, -0.2) is 18.7 Å². The van der Waals surface area contributed by atoms with Crippen molar-refractivity contribution in [1.29, 1.82) is 0 Å². The van der Waals surface area contributed by atoms with Crippen LogP contribution >= 0.6 is 0 Å². The summed E-state index contributed by atoms with van der Waals surface area (Å²) in [6, 6.07) is 5.70. The number of nitrogens with one attached hydrogen (secondary N) is 3. The molecule has 0 radical (unpaired) electrons. The van der Waals surface area contributed by atoms with E-state index < -0.39 is 17.2 Å². The number of amides is 1. The van der Waals surface area contributed by atoms with E-state index in [0.717, 1.165) is 43.8 Å². The third kappa shape index (κ3) is 7.09. The third-order valence-electron chi connectivity index (χ3n) is 6.81. The number of aromatic nitrogens is 3. The zero-order valence-electron chi connectivity index (χ0n) is 24.3. The molecule has 0 aliphatic carbocycles. The molecular weight excluding hydrogens is 546 g/mol. The first-order chi connectivity index (χ1) is 19.9. The van der Waals surface area contributed by atoms with Crippen molar-refractivity contribution in [2.45, 2.75) is 38.3 Å². The van der Waals surface area contributed by atoms with E-state index in [1.807, 2.05) is 20.2 Å². The highest BCUT2D eigenvalue weighted by molar-refractivity contribution is 6.02. The highest BCUT2D eigenvalue weighted by Gasteiger charge is 2.29. The van der Waals surface area contributed by atoms with Crippen molar-refractivity contribution >= 4 is 40.6 Å². The predicted molar refractivity (Wildman–Crippen MR) is 159 cm³/mol. The van der Waals surface area contributed by atoms with E-state index in [0.29, 0.717) is 17.1 Å². The van der Waals surface area contributed by atoms with Gasteiger partial charge in [0.1, 0.15) is 12.1 Å². The Hall–Kier alpha value is -4.36. The lowest BCUT2D eigenvalue weighted by Crippen LogP contribution is -2.38. The smallest absolute Gasteiger partial charge is 0.247 e. The van der Waals surface area contributed by atoms with Crippen LogP contribution < -0.4 is 25.6 Å². The van der Waals surface area contributed by atoms with Crippen molar-refractivity contribution in [3.63, 3.8) is 0 Å². The van der Waals surface area contributed by atoms with E-state index in [4.69, 9.17) is 4.74 Å². The molecule has 0 spiro atoms. The summed E-state index contributed by atoms with van der Waals surface area (Å²) in [6.07, 6.45) is 4.47. The molecule has 1 fully saturated rings. The van der Waals surface area contributed by atoms with Gasteiger partial charge in [0.15, 0.2) is 11.6 Å². The summed E-state index contributed by atoms with van der Waals surface area (Å²) < 4.78 is 33.7. The zero-order chi connectivity index (χ0) is 30.6. The summed E-state index contributed by atoms with van der Waals surface area (Å²) in [5.41, 5.74) is 0.558. The summed E-state index contributed by atoms with van der Waals surface area (Å²) in [7, 11) is 5.59. The molecule has 4 rings (SSSR count). The molecule has 0 bridgehead atoms. The number of carbonyl (C=O) groups excluding carboxylic acids is 1. The Kier molecular flexibility index (Phi) is 9.22. The topological polar surface area (TPSA) is 128 Å². The number of halogens is 2. The maximum atomic E-state index is 14.1. The van der Waals surface area contributed by atoms with Crippen LogP contribution in [0.15, 0.2) is 43.2 Å². The lowest BCUT2D eigenvalue weighted by atomic mass is 9.96. The zero-order valence-corrected chi connectivity index (χ0v) is 24.3. The minimum Gasteiger partial charge on any atom is -0.494 e. The van der Waals surface area contributed by atoms with Gasteiger partial charge in [-0.15, -0.1) is 0 Å². The van der Waals surface area contributed by atoms with Gasteiger partial charge in [-0.3, -0.25) is 4.79 Å². The second-order valence-corrected chi connectivity index (χ2v) is 10.8. The molecule has 0 saturated carbocycles. The van der Waals surface area contributed by atoms with Crippen LogP contribution in [0.2, 0.25) is 0 Å². The average Bonchev–Trinajstić information content (AvgIpc) is 3.37. The molecular formula is C29H36F2N8O3. The van der Waals surface area contributed by atoms with Crippen molar-refractivity contribution in [3.05, 3.63) is 60.4 Å². The molecule has 3 aromatic rings. The highest BCUT2D eigenvalue weighted by Crippen LogP contribution is 2.41. The molecule has 1 saturated heterocycles. The van der Waals surface area contributed by atoms with Crippen molar-refractivity contribution in [3.8, 4) is 5.75 Å². The lowest BCUT2D eigenvalue weighted by molar-refractivity contribution is -0.111. The SMILES string of the molecule is C=CC(=O)Nc1cc(Nc2ncnc(Nc3cc(F)c(F)cc3C(C)(C)O)n2)c(OC)cc1N1CCCC1CN(C)C. The summed E-state index contributed by atoms with van der Waals surface area (Å²) in [5.74, 6) is -1.94. The van der Waals surface area contributed by atoms with Crippen LogP contribution in [-0.2, 0) is 10.4 Å². The van der Waals surface area contributed by atoms with Crippen LogP contribution in [-0.4, -0.2) is 71.2 Å². The molecule has 13 heteroatoms. The second kappa shape index (κ2) is 12.7. The quantitative estimate of drug-likeness (QED) is 0.240. The number of aliphatic hydroxyl groups is 1. The van der Waals surface area contributed by atoms with E-state index >= 15 is 0 Å². The Morgan fingerprint density at radius 1 is 1.14 bits per heavy atom. The number of hydrogen-bond donors (Lipinski definition) is 4.